The number of carbonyl (C=O) groups is 1. The van der Waals surface area contributed by atoms with E-state index < -0.39 is 16.3 Å². The van der Waals surface area contributed by atoms with Gasteiger partial charge in [-0.3, -0.25) is 9.00 Å². The van der Waals surface area contributed by atoms with Crippen molar-refractivity contribution >= 4 is 34.0 Å². The summed E-state index contributed by atoms with van der Waals surface area (Å²) in [5, 5.41) is 16.8. The number of rotatable bonds is 5. The van der Waals surface area contributed by atoms with E-state index >= 15 is 0 Å². The Hall–Kier alpha value is -3.15. The van der Waals surface area contributed by atoms with E-state index in [1.54, 1.807) is 4.68 Å². The summed E-state index contributed by atoms with van der Waals surface area (Å²) in [6, 6.07) is 18.3. The molecular formula is C30H34ClN5O2S. The van der Waals surface area contributed by atoms with Crippen LogP contribution in [-0.4, -0.2) is 50.0 Å². The van der Waals surface area contributed by atoms with Crippen molar-refractivity contribution in [3.05, 3.63) is 65.9 Å². The molecule has 1 aliphatic heterocycles. The van der Waals surface area contributed by atoms with E-state index in [4.69, 9.17) is 16.9 Å². The lowest BCUT2D eigenvalue weighted by atomic mass is 9.88. The molecule has 2 saturated carbocycles. The number of hydrogen-bond donors (Lipinski definition) is 1. The van der Waals surface area contributed by atoms with Gasteiger partial charge in [0.2, 0.25) is 5.91 Å². The van der Waals surface area contributed by atoms with E-state index in [1.807, 2.05) is 36.7 Å². The highest BCUT2D eigenvalue weighted by atomic mass is 35.5. The molecule has 7 nitrogen and oxygen atoms in total. The topological polar surface area (TPSA) is 91.0 Å². The van der Waals surface area contributed by atoms with Gasteiger partial charge in [0.15, 0.2) is 0 Å². The number of halogens is 1. The van der Waals surface area contributed by atoms with Crippen molar-refractivity contribution in [1.29, 1.82) is 5.26 Å². The third-order valence-electron chi connectivity index (χ3n) is 7.73. The number of aromatic nitrogens is 2. The number of benzene rings is 2. The monoisotopic (exact) mass is 563 g/mol. The summed E-state index contributed by atoms with van der Waals surface area (Å²) in [7, 11) is -0.650. The van der Waals surface area contributed by atoms with Gasteiger partial charge in [-0.05, 0) is 55.5 Å². The number of hydrogen-bond acceptors (Lipinski definition) is 5. The van der Waals surface area contributed by atoms with Gasteiger partial charge in [0, 0.05) is 58.8 Å². The minimum atomic E-state index is -0.650. The Morgan fingerprint density at radius 2 is 1.72 bits per heavy atom. The molecule has 39 heavy (non-hydrogen) atoms. The van der Waals surface area contributed by atoms with Gasteiger partial charge in [-0.25, -0.2) is 4.68 Å². The second-order valence-electron chi connectivity index (χ2n) is 10.5. The Labute approximate surface area is 237 Å². The van der Waals surface area contributed by atoms with Gasteiger partial charge in [0.05, 0.1) is 23.0 Å². The molecule has 9 heteroatoms. The van der Waals surface area contributed by atoms with Gasteiger partial charge in [-0.15, -0.1) is 0 Å². The molecule has 1 N–H and O–H groups in total. The van der Waals surface area contributed by atoms with E-state index in [9.17, 15) is 9.00 Å². The quantitative estimate of drug-likeness (QED) is 0.442. The molecule has 0 bridgehead atoms. The molecule has 3 aromatic rings. The van der Waals surface area contributed by atoms with E-state index in [0.717, 1.165) is 79.9 Å². The first kappa shape index (κ1) is 27.4. The van der Waals surface area contributed by atoms with Crippen LogP contribution in [0.15, 0.2) is 60.9 Å². The SMILES string of the molecule is N#CC1(NC(=O)C2CCCCC2)CC1.O=S1CCN(c2ccc(-c3cnn(-c4ccccc4Cl)c3)cc2)CC1. The number of nitriles is 1. The number of nitrogens with one attached hydrogen (secondary N) is 1. The summed E-state index contributed by atoms with van der Waals surface area (Å²) in [6.07, 6.45) is 11.1. The number of para-hydroxylation sites is 1. The third-order valence-corrected chi connectivity index (χ3v) is 9.32. The van der Waals surface area contributed by atoms with Crippen molar-refractivity contribution in [2.75, 3.05) is 29.5 Å². The summed E-state index contributed by atoms with van der Waals surface area (Å²) in [4.78, 5) is 14.0. The zero-order valence-corrected chi connectivity index (χ0v) is 23.6. The number of anilines is 1. The first-order chi connectivity index (χ1) is 19.0. The maximum atomic E-state index is 11.8. The van der Waals surface area contributed by atoms with Crippen LogP contribution >= 0.6 is 11.6 Å². The number of carbonyl (C=O) groups excluding carboxylic acids is 1. The highest BCUT2D eigenvalue weighted by Gasteiger charge is 2.45. The fourth-order valence-corrected chi connectivity index (χ4v) is 6.37. The summed E-state index contributed by atoms with van der Waals surface area (Å²) in [5.41, 5.74) is 3.73. The maximum absolute atomic E-state index is 11.8. The molecule has 204 valence electrons. The van der Waals surface area contributed by atoms with Crippen LogP contribution in [0.2, 0.25) is 5.02 Å². The van der Waals surface area contributed by atoms with Crippen molar-refractivity contribution < 1.29 is 9.00 Å². The second kappa shape index (κ2) is 12.4. The lowest BCUT2D eigenvalue weighted by molar-refractivity contribution is -0.126. The van der Waals surface area contributed by atoms with Gasteiger partial charge in [0.25, 0.3) is 0 Å². The molecule has 3 aliphatic rings. The predicted octanol–water partition coefficient (Wildman–Crippen LogP) is 5.50. The lowest BCUT2D eigenvalue weighted by Gasteiger charge is -2.28. The van der Waals surface area contributed by atoms with Gasteiger partial charge in [-0.1, -0.05) is 55.1 Å². The average molecular weight is 564 g/mol. The minimum Gasteiger partial charge on any atom is -0.370 e. The Bertz CT molecular complexity index is 1350. The van der Waals surface area contributed by atoms with E-state index in [1.165, 1.54) is 12.1 Å². The molecule has 1 aromatic heterocycles. The van der Waals surface area contributed by atoms with Gasteiger partial charge < -0.3 is 10.2 Å². The molecule has 6 rings (SSSR count). The van der Waals surface area contributed by atoms with Crippen LogP contribution in [0.4, 0.5) is 5.69 Å². The summed E-state index contributed by atoms with van der Waals surface area (Å²) >= 11 is 6.24. The summed E-state index contributed by atoms with van der Waals surface area (Å²) in [6.45, 7) is 1.72. The molecule has 2 aliphatic carbocycles. The molecule has 1 amide bonds. The van der Waals surface area contributed by atoms with Crippen LogP contribution in [0.1, 0.15) is 44.9 Å². The molecule has 2 heterocycles. The molecule has 0 radical (unpaired) electrons. The molecule has 2 aromatic carbocycles. The molecule has 0 unspecified atom stereocenters. The van der Waals surface area contributed by atoms with Gasteiger partial charge >= 0.3 is 0 Å². The largest absolute Gasteiger partial charge is 0.370 e. The number of nitrogens with zero attached hydrogens (tertiary/aromatic N) is 4. The molecule has 0 atom stereocenters. The van der Waals surface area contributed by atoms with Crippen LogP contribution in [0, 0.1) is 17.2 Å². The zero-order chi connectivity index (χ0) is 27.2. The summed E-state index contributed by atoms with van der Waals surface area (Å²) < 4.78 is 13.3. The fourth-order valence-electron chi connectivity index (χ4n) is 5.09. The molecular weight excluding hydrogens is 530 g/mol. The third kappa shape index (κ3) is 6.90. The fraction of sp³-hybridized carbons (Fsp3) is 0.433. The molecule has 1 saturated heterocycles. The predicted molar refractivity (Wildman–Crippen MR) is 156 cm³/mol. The Morgan fingerprint density at radius 1 is 1.03 bits per heavy atom. The van der Waals surface area contributed by atoms with Crippen LogP contribution in [-0.2, 0) is 15.6 Å². The van der Waals surface area contributed by atoms with Crippen LogP contribution in [0.5, 0.6) is 0 Å². The standard InChI is InChI=1S/C19H18ClN3OS.C11H16N2O/c20-18-3-1-2-4-19(18)23-14-16(13-21-23)15-5-7-17(8-6-15)22-9-11-25(24)12-10-22;12-8-11(6-7-11)13-10(14)9-4-2-1-3-5-9/h1-8,13-14H,9-12H2;9H,1-7H2,(H,13,14). The summed E-state index contributed by atoms with van der Waals surface area (Å²) in [5.74, 6) is 1.80. The van der Waals surface area contributed by atoms with Crippen molar-refractivity contribution in [3.8, 4) is 22.9 Å². The van der Waals surface area contributed by atoms with E-state index in [0.29, 0.717) is 5.02 Å². The minimum absolute atomic E-state index is 0.115. The van der Waals surface area contributed by atoms with Crippen LogP contribution in [0.25, 0.3) is 16.8 Å². The highest BCUT2D eigenvalue weighted by Crippen LogP contribution is 2.35. The van der Waals surface area contributed by atoms with Crippen molar-refractivity contribution in [3.63, 3.8) is 0 Å². The highest BCUT2D eigenvalue weighted by molar-refractivity contribution is 7.85. The van der Waals surface area contributed by atoms with Crippen LogP contribution in [0.3, 0.4) is 0 Å². The van der Waals surface area contributed by atoms with Crippen molar-refractivity contribution in [2.24, 2.45) is 5.92 Å². The second-order valence-corrected chi connectivity index (χ2v) is 12.6. The van der Waals surface area contributed by atoms with Crippen LogP contribution < -0.4 is 10.2 Å². The Balaban J connectivity index is 0.000000186. The molecule has 0 spiro atoms. The number of amides is 1. The Kier molecular flexibility index (Phi) is 8.69. The average Bonchev–Trinajstić information content (AvgIpc) is 3.58. The Morgan fingerprint density at radius 3 is 2.36 bits per heavy atom. The normalized spacial score (nSPS) is 18.9. The van der Waals surface area contributed by atoms with Gasteiger partial charge in [-0.2, -0.15) is 10.4 Å². The molecule has 3 fully saturated rings. The van der Waals surface area contributed by atoms with E-state index in [2.05, 4.69) is 45.7 Å². The van der Waals surface area contributed by atoms with Crippen molar-refractivity contribution in [2.45, 2.75) is 50.5 Å². The van der Waals surface area contributed by atoms with Crippen molar-refractivity contribution in [1.82, 2.24) is 15.1 Å². The first-order valence-corrected chi connectivity index (χ1v) is 15.6. The van der Waals surface area contributed by atoms with Gasteiger partial charge in [0.1, 0.15) is 5.54 Å². The zero-order valence-electron chi connectivity index (χ0n) is 22.0. The first-order valence-electron chi connectivity index (χ1n) is 13.7. The van der Waals surface area contributed by atoms with E-state index in [-0.39, 0.29) is 11.8 Å². The lowest BCUT2D eigenvalue weighted by Crippen LogP contribution is -2.40. The maximum Gasteiger partial charge on any atom is 0.224 e. The smallest absolute Gasteiger partial charge is 0.224 e.